The number of primary sulfonamides is 1. The molecule has 0 aliphatic rings. The topological polar surface area (TPSA) is 124 Å². The number of nitrogen functional groups attached to an aromatic ring is 1. The average Bonchev–Trinajstić information content (AvgIpc) is 2.09. The number of aromatic nitrogens is 2. The zero-order valence-electron chi connectivity index (χ0n) is 8.35. The van der Waals surface area contributed by atoms with E-state index in [0.717, 1.165) is 0 Å². The predicted molar refractivity (Wildman–Crippen MR) is 65.2 cm³/mol. The third kappa shape index (κ3) is 5.24. The molecule has 0 aliphatic carbocycles. The number of hydrogen-bond donors (Lipinski definition) is 3. The second kappa shape index (κ2) is 5.41. The first-order chi connectivity index (χ1) is 7.37. The van der Waals surface area contributed by atoms with E-state index in [1.54, 1.807) is 6.07 Å². The fourth-order valence-electron chi connectivity index (χ4n) is 0.988. The maximum Gasteiger partial charge on any atom is 0.225 e. The van der Waals surface area contributed by atoms with Crippen LogP contribution in [-0.2, 0) is 10.0 Å². The van der Waals surface area contributed by atoms with Crippen molar-refractivity contribution in [3.05, 3.63) is 10.7 Å². The van der Waals surface area contributed by atoms with Gasteiger partial charge in [0.05, 0.1) is 5.75 Å². The van der Waals surface area contributed by atoms with Gasteiger partial charge in [-0.15, -0.1) is 0 Å². The van der Waals surface area contributed by atoms with E-state index in [1.807, 2.05) is 0 Å². The van der Waals surface area contributed by atoms with Gasteiger partial charge < -0.3 is 11.1 Å². The molecule has 0 aromatic carbocycles. The van der Waals surface area contributed by atoms with Crippen molar-refractivity contribution in [2.24, 2.45) is 5.14 Å². The average molecular weight is 310 g/mol. The number of sulfonamides is 1. The fraction of sp³-hybridized carbons (Fsp3) is 0.429. The van der Waals surface area contributed by atoms with E-state index in [4.69, 9.17) is 10.9 Å². The highest BCUT2D eigenvalue weighted by Crippen LogP contribution is 2.11. The Bertz CT molecular complexity index is 444. The lowest BCUT2D eigenvalue weighted by atomic mass is 10.5. The molecule has 0 unspecified atom stereocenters. The zero-order valence-corrected chi connectivity index (χ0v) is 10.8. The maximum absolute atomic E-state index is 10.6. The summed E-state index contributed by atoms with van der Waals surface area (Å²) in [6.45, 7) is 0.409. The predicted octanol–water partition coefficient (Wildman–Crippen LogP) is -0.0882. The van der Waals surface area contributed by atoms with Crippen LogP contribution in [0.15, 0.2) is 10.7 Å². The second-order valence-corrected chi connectivity index (χ2v) is 5.63. The van der Waals surface area contributed by atoms with Gasteiger partial charge in [-0.05, 0) is 22.4 Å². The molecule has 0 atom stereocenters. The Balaban J connectivity index is 2.43. The summed E-state index contributed by atoms with van der Waals surface area (Å²) in [4.78, 5) is 7.91. The van der Waals surface area contributed by atoms with Crippen molar-refractivity contribution in [2.75, 3.05) is 23.3 Å². The van der Waals surface area contributed by atoms with E-state index >= 15 is 0 Å². The highest BCUT2D eigenvalue weighted by Gasteiger charge is 2.03. The first-order valence-corrected chi connectivity index (χ1v) is 6.92. The van der Waals surface area contributed by atoms with Crippen LogP contribution in [0.2, 0.25) is 0 Å². The summed E-state index contributed by atoms with van der Waals surface area (Å²) < 4.78 is 21.8. The molecule has 1 aromatic rings. The molecule has 5 N–H and O–H groups in total. The molecular weight excluding hydrogens is 298 g/mol. The molecule has 1 aromatic heterocycles. The SMILES string of the molecule is Nc1cc(Br)nc(NCCCS(N)(=O)=O)n1. The lowest BCUT2D eigenvalue weighted by molar-refractivity contribution is 0.595. The van der Waals surface area contributed by atoms with Gasteiger partial charge in [0.2, 0.25) is 16.0 Å². The van der Waals surface area contributed by atoms with E-state index in [0.29, 0.717) is 29.3 Å². The Kier molecular flexibility index (Phi) is 4.44. The number of halogens is 1. The third-order valence-electron chi connectivity index (χ3n) is 1.60. The van der Waals surface area contributed by atoms with Gasteiger partial charge in [0.15, 0.2) is 0 Å². The second-order valence-electron chi connectivity index (χ2n) is 3.09. The Hall–Kier alpha value is -0.930. The molecule has 90 valence electrons. The molecule has 9 heteroatoms. The van der Waals surface area contributed by atoms with E-state index in [-0.39, 0.29) is 5.75 Å². The van der Waals surface area contributed by atoms with Gasteiger partial charge in [-0.1, -0.05) is 0 Å². The Morgan fingerprint density at radius 3 is 2.69 bits per heavy atom. The zero-order chi connectivity index (χ0) is 12.2. The van der Waals surface area contributed by atoms with Gasteiger partial charge in [-0.2, -0.15) is 4.98 Å². The normalized spacial score (nSPS) is 11.4. The molecule has 0 radical (unpaired) electrons. The molecule has 16 heavy (non-hydrogen) atoms. The van der Waals surface area contributed by atoms with Crippen LogP contribution in [-0.4, -0.2) is 30.7 Å². The van der Waals surface area contributed by atoms with E-state index < -0.39 is 10.0 Å². The minimum atomic E-state index is -3.41. The van der Waals surface area contributed by atoms with Gasteiger partial charge >= 0.3 is 0 Å². The summed E-state index contributed by atoms with van der Waals surface area (Å²) in [6.07, 6.45) is 0.384. The fourth-order valence-corrected chi connectivity index (χ4v) is 1.94. The third-order valence-corrected chi connectivity index (χ3v) is 2.87. The quantitative estimate of drug-likeness (QED) is 0.516. The number of nitrogens with two attached hydrogens (primary N) is 2. The Morgan fingerprint density at radius 1 is 1.44 bits per heavy atom. The standard InChI is InChI=1S/C7H12BrN5O2S/c8-5-4-6(9)13-7(12-5)11-2-1-3-16(10,14)15/h4H,1-3H2,(H2,10,14,15)(H3,9,11,12,13). The minimum Gasteiger partial charge on any atom is -0.383 e. The Labute approximate surface area is 102 Å². The molecule has 7 nitrogen and oxygen atoms in total. The highest BCUT2D eigenvalue weighted by atomic mass is 79.9. The van der Waals surface area contributed by atoms with E-state index in [1.165, 1.54) is 0 Å². The Morgan fingerprint density at radius 2 is 2.12 bits per heavy atom. The lowest BCUT2D eigenvalue weighted by Crippen LogP contribution is -2.19. The molecule has 0 aliphatic heterocycles. The highest BCUT2D eigenvalue weighted by molar-refractivity contribution is 9.10. The summed E-state index contributed by atoms with van der Waals surface area (Å²) in [5.74, 6) is 0.598. The van der Waals surface area contributed by atoms with Gasteiger partial charge in [0.1, 0.15) is 10.4 Å². The lowest BCUT2D eigenvalue weighted by Gasteiger charge is -2.05. The molecule has 0 amide bonds. The largest absolute Gasteiger partial charge is 0.383 e. The van der Waals surface area contributed by atoms with Crippen molar-refractivity contribution >= 4 is 37.7 Å². The van der Waals surface area contributed by atoms with Crippen molar-refractivity contribution in [3.8, 4) is 0 Å². The summed E-state index contributed by atoms with van der Waals surface area (Å²) in [7, 11) is -3.41. The van der Waals surface area contributed by atoms with Crippen molar-refractivity contribution in [2.45, 2.75) is 6.42 Å². The molecule has 0 fully saturated rings. The first kappa shape index (κ1) is 13.1. The van der Waals surface area contributed by atoms with Crippen LogP contribution >= 0.6 is 15.9 Å². The van der Waals surface area contributed by atoms with Crippen LogP contribution in [0, 0.1) is 0 Å². The van der Waals surface area contributed by atoms with Crippen molar-refractivity contribution in [1.82, 2.24) is 9.97 Å². The van der Waals surface area contributed by atoms with Crippen LogP contribution in [0.25, 0.3) is 0 Å². The summed E-state index contributed by atoms with van der Waals surface area (Å²) >= 11 is 3.17. The maximum atomic E-state index is 10.6. The van der Waals surface area contributed by atoms with Crippen LogP contribution < -0.4 is 16.2 Å². The smallest absolute Gasteiger partial charge is 0.225 e. The summed E-state index contributed by atoms with van der Waals surface area (Å²) in [5, 5.41) is 7.70. The van der Waals surface area contributed by atoms with Crippen LogP contribution in [0.3, 0.4) is 0 Å². The van der Waals surface area contributed by atoms with E-state index in [2.05, 4.69) is 31.2 Å². The van der Waals surface area contributed by atoms with Crippen LogP contribution in [0.4, 0.5) is 11.8 Å². The van der Waals surface area contributed by atoms with Crippen molar-refractivity contribution in [3.63, 3.8) is 0 Å². The first-order valence-electron chi connectivity index (χ1n) is 4.41. The molecule has 0 saturated heterocycles. The summed E-state index contributed by atoms with van der Waals surface area (Å²) in [6, 6.07) is 1.57. The number of anilines is 2. The number of nitrogens with zero attached hydrogens (tertiary/aromatic N) is 2. The molecule has 1 rings (SSSR count). The molecular formula is C7H12BrN5O2S. The molecule has 1 heterocycles. The monoisotopic (exact) mass is 309 g/mol. The minimum absolute atomic E-state index is 0.0799. The number of hydrogen-bond acceptors (Lipinski definition) is 6. The number of rotatable bonds is 5. The van der Waals surface area contributed by atoms with Gasteiger partial charge in [-0.3, -0.25) is 0 Å². The van der Waals surface area contributed by atoms with Gasteiger partial charge in [0.25, 0.3) is 0 Å². The molecule has 0 saturated carbocycles. The van der Waals surface area contributed by atoms with Gasteiger partial charge in [0, 0.05) is 12.6 Å². The molecule has 0 bridgehead atoms. The van der Waals surface area contributed by atoms with Gasteiger partial charge in [-0.25, -0.2) is 18.5 Å². The van der Waals surface area contributed by atoms with Crippen molar-refractivity contribution in [1.29, 1.82) is 0 Å². The number of nitrogens with one attached hydrogen (secondary N) is 1. The van der Waals surface area contributed by atoms with Crippen LogP contribution in [0.5, 0.6) is 0 Å². The van der Waals surface area contributed by atoms with Crippen LogP contribution in [0.1, 0.15) is 6.42 Å². The van der Waals surface area contributed by atoms with E-state index in [9.17, 15) is 8.42 Å². The van der Waals surface area contributed by atoms with Crippen molar-refractivity contribution < 1.29 is 8.42 Å². The molecule has 0 spiro atoms. The summed E-state index contributed by atoms with van der Waals surface area (Å²) in [5.41, 5.74) is 5.50.